The molecule has 0 aliphatic carbocycles. The third kappa shape index (κ3) is 6.59. The van der Waals surface area contributed by atoms with Crippen LogP contribution in [0.1, 0.15) is 19.4 Å². The van der Waals surface area contributed by atoms with Crippen LogP contribution in [0.25, 0.3) is 11.1 Å². The van der Waals surface area contributed by atoms with Gasteiger partial charge in [-0.2, -0.15) is 13.2 Å². The van der Waals surface area contributed by atoms with Crippen LogP contribution in [0.4, 0.5) is 27.6 Å². The lowest BCUT2D eigenvalue weighted by atomic mass is 10.0. The van der Waals surface area contributed by atoms with E-state index in [0.29, 0.717) is 6.07 Å². The molecule has 4 rings (SSSR count). The van der Waals surface area contributed by atoms with Gasteiger partial charge in [0.25, 0.3) is 10.0 Å². The highest BCUT2D eigenvalue weighted by molar-refractivity contribution is 7.92. The Labute approximate surface area is 232 Å². The fourth-order valence-corrected chi connectivity index (χ4v) is 5.78. The second kappa shape index (κ2) is 11.4. The zero-order valence-corrected chi connectivity index (χ0v) is 22.4. The molecular weight excluding hydrogens is 573 g/mol. The number of nitrogens with zero attached hydrogens (tertiary/aromatic N) is 1. The van der Waals surface area contributed by atoms with E-state index in [2.05, 4.69) is 10.6 Å². The minimum Gasteiger partial charge on any atom is -0.484 e. The van der Waals surface area contributed by atoms with Crippen LogP contribution in [0.15, 0.2) is 65.6 Å². The summed E-state index contributed by atoms with van der Waals surface area (Å²) in [5, 5.41) is 4.94. The standard InChI is InChI=1S/C27H24F5N3O5S/c1-15(34-16(2)36)26(37)33-13-20-14-35(41(38,39)21-5-3-4-18(11-21)27(30,31)32)24-10-17(6-9-25(24)40-20)22-12-19(28)7-8-23(22)29/h3-12,15,20H,13-14H2,1-2H3,(H,33,37)(H,34,36)/t15-,20?/m1/s1. The molecular formula is C27H24F5N3O5S. The molecule has 41 heavy (non-hydrogen) atoms. The fourth-order valence-electron chi connectivity index (χ4n) is 4.23. The number of nitrogens with one attached hydrogen (secondary N) is 2. The van der Waals surface area contributed by atoms with Crippen molar-refractivity contribution in [1.29, 1.82) is 0 Å². The SMILES string of the molecule is CC(=O)N[C@H](C)C(=O)NCC1CN(S(=O)(=O)c2cccc(C(F)(F)F)c2)c2cc(-c3cc(F)ccc3F)ccc2O1. The maximum absolute atomic E-state index is 14.5. The smallest absolute Gasteiger partial charge is 0.416 e. The third-order valence-corrected chi connectivity index (χ3v) is 7.97. The van der Waals surface area contributed by atoms with Gasteiger partial charge >= 0.3 is 6.18 Å². The predicted octanol–water partition coefficient (Wildman–Crippen LogP) is 4.25. The van der Waals surface area contributed by atoms with Crippen LogP contribution >= 0.6 is 0 Å². The highest BCUT2D eigenvalue weighted by atomic mass is 32.2. The first-order valence-corrected chi connectivity index (χ1v) is 13.6. The van der Waals surface area contributed by atoms with Crippen LogP contribution in [0.5, 0.6) is 5.75 Å². The van der Waals surface area contributed by atoms with E-state index in [4.69, 9.17) is 4.74 Å². The molecule has 1 unspecified atom stereocenters. The Bertz CT molecular complexity index is 1600. The number of alkyl halides is 3. The first-order chi connectivity index (χ1) is 19.2. The molecule has 3 aromatic rings. The Morgan fingerprint density at radius 3 is 2.49 bits per heavy atom. The number of ether oxygens (including phenoxy) is 1. The highest BCUT2D eigenvalue weighted by Gasteiger charge is 2.37. The average Bonchev–Trinajstić information content (AvgIpc) is 2.91. The van der Waals surface area contributed by atoms with Crippen molar-refractivity contribution in [2.45, 2.75) is 37.1 Å². The Morgan fingerprint density at radius 1 is 1.07 bits per heavy atom. The second-order valence-corrected chi connectivity index (χ2v) is 11.1. The summed E-state index contributed by atoms with van der Waals surface area (Å²) in [5.74, 6) is -2.59. The summed E-state index contributed by atoms with van der Waals surface area (Å²) in [5.41, 5.74) is -1.40. The van der Waals surface area contributed by atoms with Crippen molar-refractivity contribution >= 4 is 27.5 Å². The maximum atomic E-state index is 14.5. The summed E-state index contributed by atoms with van der Waals surface area (Å²) >= 11 is 0. The van der Waals surface area contributed by atoms with E-state index in [1.54, 1.807) is 0 Å². The van der Waals surface area contributed by atoms with Crippen LogP contribution in [-0.2, 0) is 25.8 Å². The quantitative estimate of drug-likeness (QED) is 0.397. The fraction of sp³-hybridized carbons (Fsp3) is 0.259. The number of halogens is 5. The van der Waals surface area contributed by atoms with Gasteiger partial charge in [-0.05, 0) is 61.0 Å². The van der Waals surface area contributed by atoms with Crippen molar-refractivity contribution in [2.75, 3.05) is 17.4 Å². The zero-order chi connectivity index (χ0) is 30.1. The molecule has 218 valence electrons. The molecule has 3 aromatic carbocycles. The largest absolute Gasteiger partial charge is 0.484 e. The van der Waals surface area contributed by atoms with Gasteiger partial charge < -0.3 is 15.4 Å². The number of carbonyl (C=O) groups is 2. The van der Waals surface area contributed by atoms with E-state index >= 15 is 0 Å². The van der Waals surface area contributed by atoms with Crippen LogP contribution in [0.3, 0.4) is 0 Å². The topological polar surface area (TPSA) is 105 Å². The van der Waals surface area contributed by atoms with Gasteiger partial charge in [0.15, 0.2) is 0 Å². The van der Waals surface area contributed by atoms with Crippen molar-refractivity contribution in [3.05, 3.63) is 77.9 Å². The van der Waals surface area contributed by atoms with Crippen molar-refractivity contribution in [3.63, 3.8) is 0 Å². The molecule has 0 radical (unpaired) electrons. The third-order valence-electron chi connectivity index (χ3n) is 6.20. The van der Waals surface area contributed by atoms with Crippen molar-refractivity contribution in [2.24, 2.45) is 0 Å². The van der Waals surface area contributed by atoms with Gasteiger partial charge in [-0.1, -0.05) is 12.1 Å². The van der Waals surface area contributed by atoms with E-state index in [0.717, 1.165) is 40.7 Å². The lowest BCUT2D eigenvalue weighted by Gasteiger charge is -2.36. The number of amides is 2. The molecule has 1 aliphatic rings. The van der Waals surface area contributed by atoms with Crippen LogP contribution in [0.2, 0.25) is 0 Å². The van der Waals surface area contributed by atoms with E-state index in [1.807, 2.05) is 0 Å². The first kappa shape index (κ1) is 29.8. The Hall–Kier alpha value is -4.20. The molecule has 0 spiro atoms. The normalized spacial score (nSPS) is 15.9. The van der Waals surface area contributed by atoms with Gasteiger partial charge in [0.05, 0.1) is 29.2 Å². The second-order valence-electron chi connectivity index (χ2n) is 9.28. The highest BCUT2D eigenvalue weighted by Crippen LogP contribution is 2.41. The van der Waals surface area contributed by atoms with Crippen molar-refractivity contribution in [3.8, 4) is 16.9 Å². The molecule has 2 N–H and O–H groups in total. The van der Waals surface area contributed by atoms with Gasteiger partial charge in [-0.3, -0.25) is 13.9 Å². The number of rotatable bonds is 7. The number of anilines is 1. The molecule has 1 aliphatic heterocycles. The van der Waals surface area contributed by atoms with Crippen LogP contribution in [0, 0.1) is 11.6 Å². The molecule has 0 bridgehead atoms. The van der Waals surface area contributed by atoms with E-state index in [9.17, 15) is 40.0 Å². The summed E-state index contributed by atoms with van der Waals surface area (Å²) in [4.78, 5) is 23.0. The first-order valence-electron chi connectivity index (χ1n) is 12.2. The lowest BCUT2D eigenvalue weighted by molar-refractivity contribution is -0.137. The summed E-state index contributed by atoms with van der Waals surface area (Å²) in [6, 6.07) is 8.92. The summed E-state index contributed by atoms with van der Waals surface area (Å²) < 4.78 is 103. The van der Waals surface area contributed by atoms with E-state index in [-0.39, 0.29) is 29.1 Å². The van der Waals surface area contributed by atoms with Crippen molar-refractivity contribution in [1.82, 2.24) is 10.6 Å². The van der Waals surface area contributed by atoms with Crippen molar-refractivity contribution < 1.29 is 44.7 Å². The number of hydrogen-bond donors (Lipinski definition) is 2. The number of sulfonamides is 1. The summed E-state index contributed by atoms with van der Waals surface area (Å²) in [6.45, 7) is 1.99. The van der Waals surface area contributed by atoms with E-state index < -0.39 is 68.8 Å². The molecule has 2 amide bonds. The van der Waals surface area contributed by atoms with Gasteiger partial charge in [-0.15, -0.1) is 0 Å². The van der Waals surface area contributed by atoms with Gasteiger partial charge in [-0.25, -0.2) is 17.2 Å². The van der Waals surface area contributed by atoms with Gasteiger partial charge in [0, 0.05) is 12.5 Å². The van der Waals surface area contributed by atoms with Crippen LogP contribution < -0.4 is 19.7 Å². The minimum atomic E-state index is -4.81. The minimum absolute atomic E-state index is 0.0264. The molecule has 0 fully saturated rings. The average molecular weight is 598 g/mol. The van der Waals surface area contributed by atoms with Gasteiger partial charge in [0.1, 0.15) is 29.5 Å². The zero-order valence-electron chi connectivity index (χ0n) is 21.6. The maximum Gasteiger partial charge on any atom is 0.416 e. The molecule has 2 atom stereocenters. The molecule has 0 saturated carbocycles. The number of fused-ring (bicyclic) bond motifs is 1. The molecule has 1 heterocycles. The molecule has 0 aromatic heterocycles. The number of hydrogen-bond acceptors (Lipinski definition) is 5. The molecule has 14 heteroatoms. The predicted molar refractivity (Wildman–Crippen MR) is 138 cm³/mol. The lowest BCUT2D eigenvalue weighted by Crippen LogP contribution is -2.51. The number of benzene rings is 3. The van der Waals surface area contributed by atoms with Gasteiger partial charge in [0.2, 0.25) is 11.8 Å². The Balaban J connectivity index is 1.74. The summed E-state index contributed by atoms with van der Waals surface area (Å²) in [6.07, 6.45) is -5.82. The number of carbonyl (C=O) groups excluding carboxylic acids is 2. The Morgan fingerprint density at radius 2 is 1.80 bits per heavy atom. The monoisotopic (exact) mass is 597 g/mol. The summed E-state index contributed by atoms with van der Waals surface area (Å²) in [7, 11) is -4.66. The molecule has 0 saturated heterocycles. The molecule has 8 nitrogen and oxygen atoms in total. The Kier molecular flexibility index (Phi) is 8.24. The van der Waals surface area contributed by atoms with E-state index in [1.165, 1.54) is 32.0 Å². The van der Waals surface area contributed by atoms with Crippen LogP contribution in [-0.4, -0.2) is 45.5 Å².